The second-order valence-electron chi connectivity index (χ2n) is 3.92. The van der Waals surface area contributed by atoms with Gasteiger partial charge in [0, 0.05) is 0 Å². The lowest BCUT2D eigenvalue weighted by Gasteiger charge is -2.40. The fraction of sp³-hybridized carbons (Fsp3) is 0.455. The molecule has 5 heteroatoms. The predicted octanol–water partition coefficient (Wildman–Crippen LogP) is 2.34. The Balaban J connectivity index is 3.32. The van der Waals surface area contributed by atoms with Gasteiger partial charge in [0.25, 0.3) is 0 Å². The lowest BCUT2D eigenvalue weighted by molar-refractivity contribution is -0.0933. The maximum absolute atomic E-state index is 12.8. The average Bonchev–Trinajstić information content (AvgIpc) is 2.07. The Morgan fingerprint density at radius 2 is 1.94 bits per heavy atom. The van der Waals surface area contributed by atoms with Crippen molar-refractivity contribution in [3.8, 4) is 0 Å². The van der Waals surface area contributed by atoms with E-state index < -0.39 is 17.3 Å². The molecule has 0 spiro atoms. The Morgan fingerprint density at radius 1 is 1.44 bits per heavy atom. The molecule has 1 rings (SSSR count). The molecule has 90 valence electrons. The van der Waals surface area contributed by atoms with E-state index in [4.69, 9.17) is 10.5 Å². The third-order valence-corrected chi connectivity index (χ3v) is 2.44. The fourth-order valence-corrected chi connectivity index (χ4v) is 1.66. The smallest absolute Gasteiger partial charge is 0.377 e. The van der Waals surface area contributed by atoms with Crippen LogP contribution in [0.5, 0.6) is 0 Å². The number of nitrogens with two attached hydrogens (primary N) is 1. The van der Waals surface area contributed by atoms with Crippen LogP contribution in [0.2, 0.25) is 0 Å². The topological polar surface area (TPSA) is 35.2 Å². The van der Waals surface area contributed by atoms with Crippen molar-refractivity contribution in [3.05, 3.63) is 36.0 Å². The molecular weight excluding hydrogens is 219 g/mol. The van der Waals surface area contributed by atoms with Gasteiger partial charge in [-0.3, -0.25) is 0 Å². The number of rotatable bonds is 3. The van der Waals surface area contributed by atoms with Crippen LogP contribution in [0.3, 0.4) is 0 Å². The molecule has 0 saturated carbocycles. The van der Waals surface area contributed by atoms with E-state index in [9.17, 15) is 13.2 Å². The van der Waals surface area contributed by atoms with Crippen LogP contribution in [0, 0.1) is 0 Å². The zero-order valence-corrected chi connectivity index (χ0v) is 9.03. The summed E-state index contributed by atoms with van der Waals surface area (Å²) < 4.78 is 43.4. The van der Waals surface area contributed by atoms with Crippen LogP contribution in [0.4, 0.5) is 13.2 Å². The van der Waals surface area contributed by atoms with Gasteiger partial charge in [-0.1, -0.05) is 19.2 Å². The Kier molecular flexibility index (Phi) is 3.30. The first kappa shape index (κ1) is 13.0. The quantitative estimate of drug-likeness (QED) is 0.759. The molecule has 0 amide bonds. The van der Waals surface area contributed by atoms with Crippen molar-refractivity contribution in [2.24, 2.45) is 5.73 Å². The van der Waals surface area contributed by atoms with Gasteiger partial charge in [0.15, 0.2) is 0 Å². The van der Waals surface area contributed by atoms with E-state index in [1.54, 1.807) is 0 Å². The van der Waals surface area contributed by atoms with Crippen molar-refractivity contribution in [1.29, 1.82) is 0 Å². The SMILES string of the molecule is C=C/C(=C(\C(=C)C)C(F)(F)F)C1(N)COC1. The fourth-order valence-electron chi connectivity index (χ4n) is 1.66. The highest BCUT2D eigenvalue weighted by atomic mass is 19.4. The van der Waals surface area contributed by atoms with Crippen LogP contribution in [-0.4, -0.2) is 24.9 Å². The Bertz CT molecular complexity index is 351. The number of alkyl halides is 3. The van der Waals surface area contributed by atoms with Crippen LogP contribution in [-0.2, 0) is 4.74 Å². The van der Waals surface area contributed by atoms with Crippen molar-refractivity contribution in [2.75, 3.05) is 13.2 Å². The van der Waals surface area contributed by atoms with E-state index in [1.807, 2.05) is 0 Å². The zero-order valence-electron chi connectivity index (χ0n) is 9.03. The van der Waals surface area contributed by atoms with Crippen LogP contribution in [0.25, 0.3) is 0 Å². The van der Waals surface area contributed by atoms with Gasteiger partial charge in [0.2, 0.25) is 0 Å². The number of hydrogen-bond acceptors (Lipinski definition) is 2. The number of allylic oxidation sites excluding steroid dienone is 2. The number of halogens is 3. The predicted molar refractivity (Wildman–Crippen MR) is 55.8 cm³/mol. The highest BCUT2D eigenvalue weighted by molar-refractivity contribution is 5.47. The molecule has 1 saturated heterocycles. The molecule has 16 heavy (non-hydrogen) atoms. The second kappa shape index (κ2) is 4.07. The van der Waals surface area contributed by atoms with Crippen molar-refractivity contribution < 1.29 is 17.9 Å². The van der Waals surface area contributed by atoms with E-state index in [0.29, 0.717) is 0 Å². The van der Waals surface area contributed by atoms with Gasteiger partial charge in [-0.2, -0.15) is 13.2 Å². The minimum absolute atomic E-state index is 0.0428. The van der Waals surface area contributed by atoms with E-state index in [-0.39, 0.29) is 24.4 Å². The van der Waals surface area contributed by atoms with E-state index in [2.05, 4.69) is 13.2 Å². The minimum atomic E-state index is -4.47. The first-order chi connectivity index (χ1) is 7.22. The number of hydrogen-bond donors (Lipinski definition) is 1. The van der Waals surface area contributed by atoms with Gasteiger partial charge in [0.1, 0.15) is 0 Å². The zero-order chi connectivity index (χ0) is 12.6. The third-order valence-electron chi connectivity index (χ3n) is 2.44. The lowest BCUT2D eigenvalue weighted by Crippen LogP contribution is -2.59. The molecule has 0 aromatic carbocycles. The maximum Gasteiger partial charge on any atom is 0.416 e. The highest BCUT2D eigenvalue weighted by Crippen LogP contribution is 2.38. The summed E-state index contributed by atoms with van der Waals surface area (Å²) in [7, 11) is 0. The molecule has 0 aromatic heterocycles. The summed E-state index contributed by atoms with van der Waals surface area (Å²) in [5.41, 5.74) is 3.80. The molecule has 1 aliphatic rings. The summed E-state index contributed by atoms with van der Waals surface area (Å²) in [6, 6.07) is 0. The monoisotopic (exact) mass is 233 g/mol. The molecule has 1 heterocycles. The van der Waals surface area contributed by atoms with Gasteiger partial charge in [-0.25, -0.2) is 0 Å². The van der Waals surface area contributed by atoms with Gasteiger partial charge in [-0.15, -0.1) is 0 Å². The molecule has 0 unspecified atom stereocenters. The van der Waals surface area contributed by atoms with Gasteiger partial charge in [-0.05, 0) is 18.1 Å². The first-order valence-corrected chi connectivity index (χ1v) is 4.69. The Hall–Kier alpha value is -1.07. The largest absolute Gasteiger partial charge is 0.416 e. The molecule has 0 bridgehead atoms. The lowest BCUT2D eigenvalue weighted by atomic mass is 9.83. The molecule has 0 atom stereocenters. The normalized spacial score (nSPS) is 20.8. The average molecular weight is 233 g/mol. The highest BCUT2D eigenvalue weighted by Gasteiger charge is 2.45. The van der Waals surface area contributed by atoms with Crippen LogP contribution >= 0.6 is 0 Å². The summed E-state index contributed by atoms with van der Waals surface area (Å²) in [6.45, 7) is 8.17. The van der Waals surface area contributed by atoms with Crippen molar-refractivity contribution in [2.45, 2.75) is 18.6 Å². The summed E-state index contributed by atoms with van der Waals surface area (Å²) in [4.78, 5) is 0. The molecular formula is C11H14F3NO. The standard InChI is InChI=1S/C11H14F3NO/c1-4-8(10(15)5-16-6-10)9(7(2)3)11(12,13)14/h4H,1-2,5-6,15H2,3H3/b9-8-. The second-order valence-corrected chi connectivity index (χ2v) is 3.92. The molecule has 2 nitrogen and oxygen atoms in total. The van der Waals surface area contributed by atoms with Crippen LogP contribution in [0.15, 0.2) is 36.0 Å². The van der Waals surface area contributed by atoms with Gasteiger partial charge >= 0.3 is 6.18 Å². The number of ether oxygens (including phenoxy) is 1. The molecule has 0 aromatic rings. The van der Waals surface area contributed by atoms with Crippen molar-refractivity contribution >= 4 is 0 Å². The maximum atomic E-state index is 12.8. The van der Waals surface area contributed by atoms with Crippen LogP contribution in [0.1, 0.15) is 6.92 Å². The van der Waals surface area contributed by atoms with Crippen LogP contribution < -0.4 is 5.73 Å². The van der Waals surface area contributed by atoms with E-state index in [1.165, 1.54) is 6.92 Å². The molecule has 0 aliphatic carbocycles. The molecule has 2 N–H and O–H groups in total. The summed E-state index contributed by atoms with van der Waals surface area (Å²) in [5.74, 6) is 0. The molecule has 1 aliphatic heterocycles. The Morgan fingerprint density at radius 3 is 2.12 bits per heavy atom. The minimum Gasteiger partial charge on any atom is -0.377 e. The Labute approximate surface area is 92.3 Å². The van der Waals surface area contributed by atoms with Gasteiger partial charge < -0.3 is 10.5 Å². The third kappa shape index (κ3) is 2.20. The van der Waals surface area contributed by atoms with E-state index in [0.717, 1.165) is 6.08 Å². The summed E-state index contributed by atoms with van der Waals surface area (Å²) >= 11 is 0. The van der Waals surface area contributed by atoms with Crippen molar-refractivity contribution in [1.82, 2.24) is 0 Å². The molecule has 1 fully saturated rings. The van der Waals surface area contributed by atoms with Crippen molar-refractivity contribution in [3.63, 3.8) is 0 Å². The first-order valence-electron chi connectivity index (χ1n) is 4.69. The van der Waals surface area contributed by atoms with Gasteiger partial charge in [0.05, 0.1) is 24.3 Å². The van der Waals surface area contributed by atoms with E-state index >= 15 is 0 Å². The summed E-state index contributed by atoms with van der Waals surface area (Å²) in [6.07, 6.45) is -3.34. The summed E-state index contributed by atoms with van der Waals surface area (Å²) in [5, 5.41) is 0. The molecule has 0 radical (unpaired) electrons.